The highest BCUT2D eigenvalue weighted by Gasteiger charge is 2.14. The summed E-state index contributed by atoms with van der Waals surface area (Å²) in [5.74, 6) is -0.978. The summed E-state index contributed by atoms with van der Waals surface area (Å²) >= 11 is 0. The number of rotatable bonds is 7. The van der Waals surface area contributed by atoms with Crippen LogP contribution in [0.5, 0.6) is 0 Å². The second-order valence-corrected chi connectivity index (χ2v) is 4.77. The highest BCUT2D eigenvalue weighted by Crippen LogP contribution is 2.06. The third kappa shape index (κ3) is 9.61. The van der Waals surface area contributed by atoms with Crippen LogP contribution in [0.25, 0.3) is 0 Å². The standard InChI is InChI=1S/C11H21NO4/c1-9(13)7-12(8-10(14)15)5-6-16-11(2,3)4/h5-8H2,1-4H3,(H,14,15). The predicted molar refractivity (Wildman–Crippen MR) is 60.5 cm³/mol. The zero-order valence-corrected chi connectivity index (χ0v) is 10.4. The van der Waals surface area contributed by atoms with Crippen molar-refractivity contribution in [3.63, 3.8) is 0 Å². The molecule has 0 aliphatic heterocycles. The average Bonchev–Trinajstić information content (AvgIpc) is 1.98. The largest absolute Gasteiger partial charge is 0.480 e. The number of carbonyl (C=O) groups excluding carboxylic acids is 1. The van der Waals surface area contributed by atoms with Gasteiger partial charge >= 0.3 is 5.97 Å². The van der Waals surface area contributed by atoms with E-state index in [1.54, 1.807) is 4.90 Å². The van der Waals surface area contributed by atoms with Gasteiger partial charge in [0.15, 0.2) is 0 Å². The molecule has 0 spiro atoms. The van der Waals surface area contributed by atoms with Crippen molar-refractivity contribution in [3.8, 4) is 0 Å². The Morgan fingerprint density at radius 3 is 2.19 bits per heavy atom. The Bertz CT molecular complexity index is 229. The second kappa shape index (κ2) is 6.60. The van der Waals surface area contributed by atoms with Gasteiger partial charge in [-0.1, -0.05) is 0 Å². The van der Waals surface area contributed by atoms with Crippen LogP contribution in [0.2, 0.25) is 0 Å². The van der Waals surface area contributed by atoms with E-state index in [1.165, 1.54) is 6.92 Å². The lowest BCUT2D eigenvalue weighted by molar-refractivity contribution is -0.138. The third-order valence-corrected chi connectivity index (χ3v) is 1.75. The quantitative estimate of drug-likeness (QED) is 0.701. The van der Waals surface area contributed by atoms with E-state index in [-0.39, 0.29) is 24.5 Å². The summed E-state index contributed by atoms with van der Waals surface area (Å²) in [6.07, 6.45) is 0. The Morgan fingerprint density at radius 2 is 1.81 bits per heavy atom. The van der Waals surface area contributed by atoms with Gasteiger partial charge in [-0.25, -0.2) is 0 Å². The van der Waals surface area contributed by atoms with Gasteiger partial charge in [0, 0.05) is 6.54 Å². The Labute approximate surface area is 96.4 Å². The number of hydrogen-bond donors (Lipinski definition) is 1. The molecular weight excluding hydrogens is 210 g/mol. The molecule has 0 aromatic carbocycles. The van der Waals surface area contributed by atoms with E-state index in [1.807, 2.05) is 20.8 Å². The van der Waals surface area contributed by atoms with Crippen molar-refractivity contribution in [2.24, 2.45) is 0 Å². The van der Waals surface area contributed by atoms with E-state index in [2.05, 4.69) is 0 Å². The molecule has 0 heterocycles. The van der Waals surface area contributed by atoms with Gasteiger partial charge in [0.1, 0.15) is 5.78 Å². The molecule has 0 amide bonds. The smallest absolute Gasteiger partial charge is 0.317 e. The van der Waals surface area contributed by atoms with Crippen LogP contribution in [-0.4, -0.2) is 53.6 Å². The molecule has 0 unspecified atom stereocenters. The van der Waals surface area contributed by atoms with E-state index < -0.39 is 5.97 Å². The van der Waals surface area contributed by atoms with Crippen LogP contribution in [0.15, 0.2) is 0 Å². The molecule has 16 heavy (non-hydrogen) atoms. The summed E-state index contributed by atoms with van der Waals surface area (Å²) < 4.78 is 5.48. The van der Waals surface area contributed by atoms with E-state index in [0.29, 0.717) is 13.2 Å². The average molecular weight is 231 g/mol. The van der Waals surface area contributed by atoms with Crippen molar-refractivity contribution >= 4 is 11.8 Å². The maximum atomic E-state index is 10.9. The molecule has 0 atom stereocenters. The zero-order valence-electron chi connectivity index (χ0n) is 10.4. The number of carbonyl (C=O) groups is 2. The number of aliphatic carboxylic acids is 1. The first-order valence-corrected chi connectivity index (χ1v) is 5.28. The molecule has 0 aliphatic carbocycles. The van der Waals surface area contributed by atoms with E-state index in [4.69, 9.17) is 9.84 Å². The topological polar surface area (TPSA) is 66.8 Å². The zero-order chi connectivity index (χ0) is 12.8. The van der Waals surface area contributed by atoms with Crippen LogP contribution in [-0.2, 0) is 14.3 Å². The van der Waals surface area contributed by atoms with Gasteiger partial charge in [0.2, 0.25) is 0 Å². The lowest BCUT2D eigenvalue weighted by Crippen LogP contribution is -2.37. The molecule has 0 rings (SSSR count). The number of ether oxygens (including phenoxy) is 1. The van der Waals surface area contributed by atoms with Gasteiger partial charge in [-0.2, -0.15) is 0 Å². The molecule has 0 radical (unpaired) electrons. The molecule has 0 fully saturated rings. The SMILES string of the molecule is CC(=O)CN(CCOC(C)(C)C)CC(=O)O. The van der Waals surface area contributed by atoms with Gasteiger partial charge in [0.25, 0.3) is 0 Å². The minimum Gasteiger partial charge on any atom is -0.480 e. The maximum Gasteiger partial charge on any atom is 0.317 e. The normalized spacial score (nSPS) is 11.8. The first kappa shape index (κ1) is 15.1. The molecule has 0 aliphatic rings. The Hall–Kier alpha value is -0.940. The Kier molecular flexibility index (Phi) is 6.21. The number of nitrogens with zero attached hydrogens (tertiary/aromatic N) is 1. The van der Waals surface area contributed by atoms with Crippen LogP contribution in [0.1, 0.15) is 27.7 Å². The van der Waals surface area contributed by atoms with Gasteiger partial charge in [-0.3, -0.25) is 14.5 Å². The summed E-state index contributed by atoms with van der Waals surface area (Å²) in [4.78, 5) is 23.0. The number of carboxylic acid groups (broad SMARTS) is 1. The fraction of sp³-hybridized carbons (Fsp3) is 0.818. The highest BCUT2D eigenvalue weighted by molar-refractivity contribution is 5.78. The van der Waals surface area contributed by atoms with Crippen molar-refractivity contribution in [1.29, 1.82) is 0 Å². The van der Waals surface area contributed by atoms with Crippen molar-refractivity contribution in [3.05, 3.63) is 0 Å². The fourth-order valence-corrected chi connectivity index (χ4v) is 1.20. The predicted octanol–water partition coefficient (Wildman–Crippen LogP) is 0.777. The van der Waals surface area contributed by atoms with E-state index >= 15 is 0 Å². The minimum absolute atomic E-state index is 0.0444. The summed E-state index contributed by atoms with van der Waals surface area (Å²) in [6, 6.07) is 0. The van der Waals surface area contributed by atoms with Gasteiger partial charge in [-0.05, 0) is 27.7 Å². The van der Waals surface area contributed by atoms with Crippen molar-refractivity contribution in [1.82, 2.24) is 4.90 Å². The number of hydrogen-bond acceptors (Lipinski definition) is 4. The molecule has 1 N–H and O–H groups in total. The number of carboxylic acids is 1. The van der Waals surface area contributed by atoms with Crippen molar-refractivity contribution in [2.75, 3.05) is 26.2 Å². The molecule has 5 heteroatoms. The lowest BCUT2D eigenvalue weighted by atomic mass is 10.2. The highest BCUT2D eigenvalue weighted by atomic mass is 16.5. The number of Topliss-reactive ketones (excluding diaryl/α,β-unsaturated/α-hetero) is 1. The second-order valence-electron chi connectivity index (χ2n) is 4.77. The fourth-order valence-electron chi connectivity index (χ4n) is 1.20. The minimum atomic E-state index is -0.933. The summed E-state index contributed by atoms with van der Waals surface area (Å²) in [5, 5.41) is 8.66. The van der Waals surface area contributed by atoms with E-state index in [0.717, 1.165) is 0 Å². The van der Waals surface area contributed by atoms with Crippen molar-refractivity contribution < 1.29 is 19.4 Å². The van der Waals surface area contributed by atoms with Crippen LogP contribution in [0.4, 0.5) is 0 Å². The Morgan fingerprint density at radius 1 is 1.25 bits per heavy atom. The molecule has 0 bridgehead atoms. The van der Waals surface area contributed by atoms with Gasteiger partial charge in [0.05, 0.1) is 25.3 Å². The summed E-state index contributed by atoms with van der Waals surface area (Å²) in [6.45, 7) is 8.12. The Balaban J connectivity index is 4.01. The van der Waals surface area contributed by atoms with Crippen LogP contribution in [0.3, 0.4) is 0 Å². The molecular formula is C11H21NO4. The van der Waals surface area contributed by atoms with Gasteiger partial charge < -0.3 is 9.84 Å². The summed E-state index contributed by atoms with van der Waals surface area (Å²) in [5.41, 5.74) is -0.245. The maximum absolute atomic E-state index is 10.9. The first-order valence-electron chi connectivity index (χ1n) is 5.28. The molecule has 0 aromatic heterocycles. The van der Waals surface area contributed by atoms with E-state index in [9.17, 15) is 9.59 Å². The molecule has 5 nitrogen and oxygen atoms in total. The van der Waals surface area contributed by atoms with Gasteiger partial charge in [-0.15, -0.1) is 0 Å². The first-order chi connectivity index (χ1) is 7.20. The van der Waals surface area contributed by atoms with Crippen LogP contribution < -0.4 is 0 Å². The number of ketones is 1. The third-order valence-electron chi connectivity index (χ3n) is 1.75. The molecule has 0 aromatic rings. The summed E-state index contributed by atoms with van der Waals surface area (Å²) in [7, 11) is 0. The molecule has 0 saturated carbocycles. The van der Waals surface area contributed by atoms with Crippen LogP contribution >= 0.6 is 0 Å². The monoisotopic (exact) mass is 231 g/mol. The molecule has 0 saturated heterocycles. The van der Waals surface area contributed by atoms with Crippen LogP contribution in [0, 0.1) is 0 Å². The van der Waals surface area contributed by atoms with Crippen molar-refractivity contribution in [2.45, 2.75) is 33.3 Å². The molecule has 94 valence electrons. The lowest BCUT2D eigenvalue weighted by Gasteiger charge is -2.23.